The first-order valence-corrected chi connectivity index (χ1v) is 6.02. The predicted molar refractivity (Wildman–Crippen MR) is 72.6 cm³/mol. The van der Waals surface area contributed by atoms with Crippen LogP contribution in [0.4, 0.5) is 0 Å². The first-order chi connectivity index (χ1) is 9.33. The third kappa shape index (κ3) is 3.57. The highest BCUT2D eigenvalue weighted by atomic mass is 16.5. The van der Waals surface area contributed by atoms with E-state index in [2.05, 4.69) is 6.07 Å². The Morgan fingerprint density at radius 2 is 1.74 bits per heavy atom. The van der Waals surface area contributed by atoms with Crippen LogP contribution in [-0.4, -0.2) is 7.11 Å². The summed E-state index contributed by atoms with van der Waals surface area (Å²) in [5.74, 6) is 0.586. The smallest absolute Gasteiger partial charge is 0.136 e. The van der Waals surface area contributed by atoms with Crippen molar-refractivity contribution in [1.29, 1.82) is 5.26 Å². The molecule has 3 heteroatoms. The van der Waals surface area contributed by atoms with Gasteiger partial charge in [-0.15, -0.1) is 0 Å². The average molecular weight is 253 g/mol. The van der Waals surface area contributed by atoms with E-state index in [1.807, 2.05) is 42.5 Å². The molecule has 2 aromatic rings. The Labute approximate surface area is 113 Å². The quantitative estimate of drug-likeness (QED) is 0.821. The van der Waals surface area contributed by atoms with Crippen LogP contribution in [0.15, 0.2) is 48.5 Å². The second-order valence-corrected chi connectivity index (χ2v) is 4.12. The fourth-order valence-corrected chi connectivity index (χ4v) is 1.78. The molecule has 0 saturated carbocycles. The van der Waals surface area contributed by atoms with E-state index in [1.54, 1.807) is 13.2 Å². The zero-order chi connectivity index (χ0) is 13.5. The topological polar surface area (TPSA) is 42.2 Å². The molecule has 0 saturated heterocycles. The molecule has 0 fully saturated rings. The van der Waals surface area contributed by atoms with Gasteiger partial charge in [-0.3, -0.25) is 0 Å². The van der Waals surface area contributed by atoms with Gasteiger partial charge in [-0.2, -0.15) is 5.26 Å². The number of nitrogens with zero attached hydrogens (tertiary/aromatic N) is 1. The summed E-state index contributed by atoms with van der Waals surface area (Å²) in [6.07, 6.45) is 0. The van der Waals surface area contributed by atoms with Gasteiger partial charge in [0.25, 0.3) is 0 Å². The Morgan fingerprint density at radius 3 is 2.42 bits per heavy atom. The van der Waals surface area contributed by atoms with Crippen LogP contribution >= 0.6 is 0 Å². The molecule has 19 heavy (non-hydrogen) atoms. The Hall–Kier alpha value is -2.31. The first-order valence-electron chi connectivity index (χ1n) is 6.02. The third-order valence-corrected chi connectivity index (χ3v) is 2.77. The molecule has 0 radical (unpaired) electrons. The van der Waals surface area contributed by atoms with Crippen molar-refractivity contribution in [3.8, 4) is 11.8 Å². The lowest BCUT2D eigenvalue weighted by Crippen LogP contribution is -1.96. The standard InChI is InChI=1S/C16H15NO2/c1-18-16-9-14(7-8-15(16)10-17)12-19-11-13-5-3-2-4-6-13/h2-9H,11-12H2,1H3. The van der Waals surface area contributed by atoms with E-state index in [0.717, 1.165) is 11.1 Å². The molecule has 0 atom stereocenters. The number of ether oxygens (including phenoxy) is 2. The van der Waals surface area contributed by atoms with Crippen molar-refractivity contribution < 1.29 is 9.47 Å². The summed E-state index contributed by atoms with van der Waals surface area (Å²) in [5.41, 5.74) is 2.67. The Balaban J connectivity index is 1.95. The summed E-state index contributed by atoms with van der Waals surface area (Å²) < 4.78 is 10.8. The van der Waals surface area contributed by atoms with Gasteiger partial charge in [0, 0.05) is 0 Å². The van der Waals surface area contributed by atoms with Crippen LogP contribution in [0.3, 0.4) is 0 Å². The van der Waals surface area contributed by atoms with Crippen LogP contribution in [0.25, 0.3) is 0 Å². The molecule has 3 nitrogen and oxygen atoms in total. The molecule has 96 valence electrons. The first kappa shape index (κ1) is 13.1. The van der Waals surface area contributed by atoms with E-state index in [9.17, 15) is 0 Å². The van der Waals surface area contributed by atoms with Gasteiger partial charge in [0.2, 0.25) is 0 Å². The lowest BCUT2D eigenvalue weighted by atomic mass is 10.1. The highest BCUT2D eigenvalue weighted by molar-refractivity contribution is 5.45. The molecule has 0 N–H and O–H groups in total. The second kappa shape index (κ2) is 6.58. The van der Waals surface area contributed by atoms with Crippen molar-refractivity contribution in [2.75, 3.05) is 7.11 Å². The number of hydrogen-bond donors (Lipinski definition) is 0. The fraction of sp³-hybridized carbons (Fsp3) is 0.188. The van der Waals surface area contributed by atoms with Gasteiger partial charge in [-0.05, 0) is 23.3 Å². The number of benzene rings is 2. The molecular formula is C16H15NO2. The van der Waals surface area contributed by atoms with Gasteiger partial charge >= 0.3 is 0 Å². The van der Waals surface area contributed by atoms with E-state index in [0.29, 0.717) is 24.5 Å². The van der Waals surface area contributed by atoms with Crippen molar-refractivity contribution in [2.24, 2.45) is 0 Å². The summed E-state index contributed by atoms with van der Waals surface area (Å²) in [6, 6.07) is 17.6. The van der Waals surface area contributed by atoms with E-state index >= 15 is 0 Å². The molecule has 0 bridgehead atoms. The summed E-state index contributed by atoms with van der Waals surface area (Å²) in [6.45, 7) is 1.07. The molecule has 0 spiro atoms. The van der Waals surface area contributed by atoms with E-state index in [1.165, 1.54) is 0 Å². The molecule has 0 unspecified atom stereocenters. The maximum absolute atomic E-state index is 8.90. The van der Waals surface area contributed by atoms with Crippen LogP contribution in [0.1, 0.15) is 16.7 Å². The number of rotatable bonds is 5. The lowest BCUT2D eigenvalue weighted by molar-refractivity contribution is 0.107. The Bertz CT molecular complexity index is 573. The molecule has 2 rings (SSSR count). The monoisotopic (exact) mass is 253 g/mol. The maximum Gasteiger partial charge on any atom is 0.136 e. The van der Waals surface area contributed by atoms with Crippen molar-refractivity contribution >= 4 is 0 Å². The number of methoxy groups -OCH3 is 1. The molecule has 0 aliphatic heterocycles. The van der Waals surface area contributed by atoms with Crippen molar-refractivity contribution in [3.05, 3.63) is 65.2 Å². The fourth-order valence-electron chi connectivity index (χ4n) is 1.78. The molecule has 2 aromatic carbocycles. The van der Waals surface area contributed by atoms with Crippen LogP contribution in [-0.2, 0) is 18.0 Å². The van der Waals surface area contributed by atoms with Gasteiger partial charge in [0.1, 0.15) is 11.8 Å². The minimum atomic E-state index is 0.497. The SMILES string of the molecule is COc1cc(COCc2ccccc2)ccc1C#N. The molecule has 0 aliphatic carbocycles. The van der Waals surface area contributed by atoms with Crippen LogP contribution in [0, 0.1) is 11.3 Å². The van der Waals surface area contributed by atoms with Gasteiger partial charge in [0.05, 0.1) is 25.9 Å². The van der Waals surface area contributed by atoms with Crippen molar-refractivity contribution in [3.63, 3.8) is 0 Å². The van der Waals surface area contributed by atoms with Crippen molar-refractivity contribution in [2.45, 2.75) is 13.2 Å². The molecular weight excluding hydrogens is 238 g/mol. The minimum absolute atomic E-state index is 0.497. The van der Waals surface area contributed by atoms with E-state index in [4.69, 9.17) is 14.7 Å². The number of nitriles is 1. The van der Waals surface area contributed by atoms with Crippen LogP contribution in [0.2, 0.25) is 0 Å². The Kier molecular flexibility index (Phi) is 4.54. The largest absolute Gasteiger partial charge is 0.495 e. The zero-order valence-electron chi connectivity index (χ0n) is 10.8. The van der Waals surface area contributed by atoms with Gasteiger partial charge < -0.3 is 9.47 Å². The maximum atomic E-state index is 8.90. The van der Waals surface area contributed by atoms with E-state index < -0.39 is 0 Å². The van der Waals surface area contributed by atoms with Gasteiger partial charge in [0.15, 0.2) is 0 Å². The molecule has 0 aromatic heterocycles. The second-order valence-electron chi connectivity index (χ2n) is 4.12. The number of hydrogen-bond acceptors (Lipinski definition) is 3. The molecule has 0 heterocycles. The van der Waals surface area contributed by atoms with Crippen LogP contribution < -0.4 is 4.74 Å². The van der Waals surface area contributed by atoms with Gasteiger partial charge in [-0.25, -0.2) is 0 Å². The summed E-state index contributed by atoms with van der Waals surface area (Å²) >= 11 is 0. The zero-order valence-corrected chi connectivity index (χ0v) is 10.8. The minimum Gasteiger partial charge on any atom is -0.495 e. The van der Waals surface area contributed by atoms with Gasteiger partial charge in [-0.1, -0.05) is 36.4 Å². The summed E-state index contributed by atoms with van der Waals surface area (Å²) in [5, 5.41) is 8.90. The molecule has 0 amide bonds. The third-order valence-electron chi connectivity index (χ3n) is 2.77. The predicted octanol–water partition coefficient (Wildman–Crippen LogP) is 3.28. The molecule has 0 aliphatic rings. The normalized spacial score (nSPS) is 9.89. The summed E-state index contributed by atoms with van der Waals surface area (Å²) in [7, 11) is 1.56. The Morgan fingerprint density at radius 1 is 1.00 bits per heavy atom. The highest BCUT2D eigenvalue weighted by Crippen LogP contribution is 2.19. The lowest BCUT2D eigenvalue weighted by Gasteiger charge is -2.07. The average Bonchev–Trinajstić information content (AvgIpc) is 2.48. The highest BCUT2D eigenvalue weighted by Gasteiger charge is 2.03. The van der Waals surface area contributed by atoms with E-state index in [-0.39, 0.29) is 0 Å². The summed E-state index contributed by atoms with van der Waals surface area (Å²) in [4.78, 5) is 0. The van der Waals surface area contributed by atoms with Crippen molar-refractivity contribution in [1.82, 2.24) is 0 Å². The van der Waals surface area contributed by atoms with Crippen LogP contribution in [0.5, 0.6) is 5.75 Å².